The van der Waals surface area contributed by atoms with E-state index in [1.807, 2.05) is 12.1 Å². The van der Waals surface area contributed by atoms with Crippen molar-refractivity contribution < 1.29 is 23.9 Å². The fourth-order valence-electron chi connectivity index (χ4n) is 10.4. The van der Waals surface area contributed by atoms with Crippen LogP contribution in [-0.2, 0) is 9.59 Å². The molecule has 2 unspecified atom stereocenters. The molecule has 0 bridgehead atoms. The first-order valence-corrected chi connectivity index (χ1v) is 21.8. The molecule has 4 saturated heterocycles. The summed E-state index contributed by atoms with van der Waals surface area (Å²) in [5, 5.41) is 21.5. The predicted octanol–water partition coefficient (Wildman–Crippen LogP) is 4.74. The van der Waals surface area contributed by atoms with Crippen molar-refractivity contribution in [1.82, 2.24) is 30.2 Å². The zero-order chi connectivity index (χ0) is 41.1. The molecule has 0 spiro atoms. The molecule has 310 valence electrons. The number of anilines is 2. The standard InChI is InChI=1S/C45H48ClN9O5/c46-37-22-33(5-3-29(37)23-47)60-34-19-30-25-54(26-31(30)20-34)42(28-1-2-28)38-7-9-40(50-49-38)53-13-11-27(12-14-53)24-51-15-17-52(18-16-51)32-4-6-35-36(21-32)45(59)55(44(35)58)39-8-10-41(56)48-43(39)57/h3-7,9,21-22,27,30-31,34,39H,1-2,8,10-20,24-26H2,(H,48,56,57)/t30-,31?,34-,39?/m1/s1. The lowest BCUT2D eigenvalue weighted by Gasteiger charge is -2.39. The smallest absolute Gasteiger partial charge is 0.262 e. The first kappa shape index (κ1) is 38.7. The minimum absolute atomic E-state index is 0.0991. The molecule has 3 aromatic rings. The topological polar surface area (TPSA) is 155 Å². The number of rotatable bonds is 9. The largest absolute Gasteiger partial charge is 0.490 e. The van der Waals surface area contributed by atoms with E-state index < -0.39 is 23.8 Å². The third kappa shape index (κ3) is 7.47. The molecule has 7 aliphatic rings. The number of nitriles is 1. The molecule has 14 nitrogen and oxygen atoms in total. The number of carbonyl (C=O) groups is 4. The number of hydrogen-bond donors (Lipinski definition) is 1. The summed E-state index contributed by atoms with van der Waals surface area (Å²) < 4.78 is 6.32. The van der Waals surface area contributed by atoms with Crippen LogP contribution in [0.25, 0.3) is 5.70 Å². The Morgan fingerprint density at radius 2 is 1.57 bits per heavy atom. The van der Waals surface area contributed by atoms with Crippen LogP contribution in [0.4, 0.5) is 11.5 Å². The highest BCUT2D eigenvalue weighted by atomic mass is 35.5. The van der Waals surface area contributed by atoms with E-state index in [4.69, 9.17) is 26.5 Å². The number of fused-ring (bicyclic) bond motifs is 2. The zero-order valence-electron chi connectivity index (χ0n) is 33.5. The Labute approximate surface area is 354 Å². The van der Waals surface area contributed by atoms with Crippen LogP contribution in [0.2, 0.25) is 5.02 Å². The average molecular weight is 830 g/mol. The van der Waals surface area contributed by atoms with Crippen LogP contribution < -0.4 is 19.9 Å². The molecule has 4 amide bonds. The number of piperazine rings is 1. The number of benzene rings is 2. The number of aromatic nitrogens is 2. The van der Waals surface area contributed by atoms with Crippen molar-refractivity contribution in [3.8, 4) is 11.8 Å². The van der Waals surface area contributed by atoms with Crippen molar-refractivity contribution in [2.45, 2.75) is 63.5 Å². The van der Waals surface area contributed by atoms with Gasteiger partial charge in [0.15, 0.2) is 5.82 Å². The Hall–Kier alpha value is -5.52. The van der Waals surface area contributed by atoms with Crippen LogP contribution in [-0.4, -0.2) is 120 Å². The summed E-state index contributed by atoms with van der Waals surface area (Å²) in [6.45, 7) is 8.45. The number of allylic oxidation sites excluding steroid dienone is 1. The van der Waals surface area contributed by atoms with Crippen molar-refractivity contribution in [2.75, 3.05) is 68.7 Å². The number of piperidine rings is 2. The van der Waals surface area contributed by atoms with Crippen LogP contribution in [0.1, 0.15) is 83.3 Å². The van der Waals surface area contributed by atoms with Gasteiger partial charge in [-0.05, 0) is 111 Å². The SMILES string of the molecule is N#Cc1ccc(O[C@H]2CC3CN(C(=C4CC4)c4ccc(N5CCC(CN6CCN(c7ccc8c(c7)C(=O)N(C7CCC(=O)NC7=O)C8=O)CC6)CC5)nn4)C[C@H]3C2)cc1Cl. The molecule has 5 aliphatic heterocycles. The Bertz CT molecular complexity index is 2290. The molecule has 60 heavy (non-hydrogen) atoms. The summed E-state index contributed by atoms with van der Waals surface area (Å²) in [7, 11) is 0. The highest BCUT2D eigenvalue weighted by molar-refractivity contribution is 6.31. The van der Waals surface area contributed by atoms with E-state index in [0.29, 0.717) is 39.5 Å². The average Bonchev–Trinajstić information content (AvgIpc) is 3.84. The zero-order valence-corrected chi connectivity index (χ0v) is 34.3. The van der Waals surface area contributed by atoms with Crippen LogP contribution in [0.5, 0.6) is 5.75 Å². The fourth-order valence-corrected chi connectivity index (χ4v) is 10.6. The first-order valence-electron chi connectivity index (χ1n) is 21.4. The summed E-state index contributed by atoms with van der Waals surface area (Å²) in [5.74, 6) is 1.49. The van der Waals surface area contributed by atoms with Crippen molar-refractivity contribution in [2.24, 2.45) is 17.8 Å². The molecule has 2 aromatic carbocycles. The molecule has 2 aliphatic carbocycles. The summed E-state index contributed by atoms with van der Waals surface area (Å²) in [4.78, 5) is 61.4. The molecule has 0 radical (unpaired) electrons. The van der Waals surface area contributed by atoms with Gasteiger partial charge in [-0.2, -0.15) is 5.26 Å². The minimum atomic E-state index is -0.965. The van der Waals surface area contributed by atoms with Crippen molar-refractivity contribution in [3.63, 3.8) is 0 Å². The summed E-state index contributed by atoms with van der Waals surface area (Å²) in [6, 6.07) is 16.2. The van der Waals surface area contributed by atoms with Crippen molar-refractivity contribution >= 4 is 52.4 Å². The number of imide groups is 2. The maximum atomic E-state index is 13.4. The lowest BCUT2D eigenvalue weighted by molar-refractivity contribution is -0.136. The Morgan fingerprint density at radius 1 is 0.817 bits per heavy atom. The van der Waals surface area contributed by atoms with Gasteiger partial charge in [0.05, 0.1) is 33.5 Å². The molecule has 4 atom stereocenters. The predicted molar refractivity (Wildman–Crippen MR) is 223 cm³/mol. The van der Waals surface area contributed by atoms with Gasteiger partial charge in [-0.25, -0.2) is 0 Å². The van der Waals surface area contributed by atoms with E-state index in [2.05, 4.69) is 43.1 Å². The quantitative estimate of drug-likeness (QED) is 0.297. The lowest BCUT2D eigenvalue weighted by atomic mass is 9.96. The number of halogens is 1. The molecule has 6 fully saturated rings. The van der Waals surface area contributed by atoms with Crippen LogP contribution >= 0.6 is 11.6 Å². The van der Waals surface area contributed by atoms with E-state index in [1.54, 1.807) is 24.3 Å². The number of amides is 4. The summed E-state index contributed by atoms with van der Waals surface area (Å²) in [5.41, 5.74) is 5.74. The van der Waals surface area contributed by atoms with E-state index in [0.717, 1.165) is 125 Å². The number of nitrogens with zero attached hydrogens (tertiary/aromatic N) is 8. The number of likely N-dealkylation sites (tertiary alicyclic amines) is 1. The van der Waals surface area contributed by atoms with Gasteiger partial charge < -0.3 is 19.4 Å². The van der Waals surface area contributed by atoms with Gasteiger partial charge in [-0.15, -0.1) is 10.2 Å². The van der Waals surface area contributed by atoms with Crippen molar-refractivity contribution in [3.05, 3.63) is 81.5 Å². The summed E-state index contributed by atoms with van der Waals surface area (Å²) >= 11 is 6.25. The second kappa shape index (κ2) is 15.8. The van der Waals surface area contributed by atoms with E-state index in [1.165, 1.54) is 11.3 Å². The number of nitrogens with one attached hydrogen (secondary N) is 1. The van der Waals surface area contributed by atoms with Gasteiger partial charge in [0.2, 0.25) is 11.8 Å². The Kier molecular flexibility index (Phi) is 10.2. The second-order valence-electron chi connectivity index (χ2n) is 17.5. The molecule has 6 heterocycles. The lowest BCUT2D eigenvalue weighted by Crippen LogP contribution is -2.54. The fraction of sp³-hybridized carbons (Fsp3) is 0.489. The van der Waals surface area contributed by atoms with Gasteiger partial charge in [0, 0.05) is 77.1 Å². The number of ether oxygens (including phenoxy) is 1. The van der Waals surface area contributed by atoms with Gasteiger partial charge in [-0.3, -0.25) is 34.3 Å². The van der Waals surface area contributed by atoms with Gasteiger partial charge in [0.1, 0.15) is 23.6 Å². The Balaban J connectivity index is 0.684. The maximum absolute atomic E-state index is 13.4. The molecule has 10 rings (SSSR count). The molecule has 1 aromatic heterocycles. The molecule has 1 N–H and O–H groups in total. The monoisotopic (exact) mass is 829 g/mol. The van der Waals surface area contributed by atoms with Gasteiger partial charge in [0.25, 0.3) is 11.8 Å². The molecular weight excluding hydrogens is 782 g/mol. The van der Waals surface area contributed by atoms with Crippen molar-refractivity contribution in [1.29, 1.82) is 5.26 Å². The molecular formula is C45H48ClN9O5. The number of carbonyl (C=O) groups excluding carboxylic acids is 4. The maximum Gasteiger partial charge on any atom is 0.262 e. The first-order chi connectivity index (χ1) is 29.2. The minimum Gasteiger partial charge on any atom is -0.490 e. The molecule has 15 heteroatoms. The van der Waals surface area contributed by atoms with E-state index in [9.17, 15) is 24.4 Å². The second-order valence-corrected chi connectivity index (χ2v) is 17.9. The van der Waals surface area contributed by atoms with E-state index >= 15 is 0 Å². The Morgan fingerprint density at radius 3 is 2.23 bits per heavy atom. The number of hydrogen-bond acceptors (Lipinski definition) is 12. The summed E-state index contributed by atoms with van der Waals surface area (Å²) in [6.07, 6.45) is 6.88. The van der Waals surface area contributed by atoms with Crippen LogP contribution in [0, 0.1) is 29.1 Å². The highest BCUT2D eigenvalue weighted by Gasteiger charge is 2.46. The van der Waals surface area contributed by atoms with Crippen LogP contribution in [0.15, 0.2) is 54.1 Å². The normalized spacial score (nSPS) is 25.7. The third-order valence-corrected chi connectivity index (χ3v) is 14.0. The molecule has 2 saturated carbocycles. The van der Waals surface area contributed by atoms with Gasteiger partial charge >= 0.3 is 0 Å². The highest BCUT2D eigenvalue weighted by Crippen LogP contribution is 2.46. The third-order valence-electron chi connectivity index (χ3n) is 13.7. The van der Waals surface area contributed by atoms with Gasteiger partial charge in [-0.1, -0.05) is 11.6 Å². The van der Waals surface area contributed by atoms with E-state index in [-0.39, 0.29) is 24.9 Å². The van der Waals surface area contributed by atoms with Crippen LogP contribution in [0.3, 0.4) is 0 Å².